The number of aryl methyl sites for hydroxylation is 1. The molecule has 0 unspecified atom stereocenters. The van der Waals surface area contributed by atoms with E-state index < -0.39 is 0 Å². The van der Waals surface area contributed by atoms with Gasteiger partial charge in [-0.2, -0.15) is 5.10 Å². The van der Waals surface area contributed by atoms with Crippen molar-refractivity contribution in [3.63, 3.8) is 0 Å². The number of methoxy groups -OCH3 is 1. The Kier molecular flexibility index (Phi) is 4.43. The lowest BCUT2D eigenvalue weighted by molar-refractivity contribution is 0.313. The van der Waals surface area contributed by atoms with Gasteiger partial charge in [0.05, 0.1) is 25.3 Å². The van der Waals surface area contributed by atoms with Gasteiger partial charge in [0.15, 0.2) is 17.1 Å². The lowest BCUT2D eigenvalue weighted by Crippen LogP contribution is -2.02. The van der Waals surface area contributed by atoms with Gasteiger partial charge in [0.1, 0.15) is 11.4 Å². The van der Waals surface area contributed by atoms with Crippen LogP contribution in [0.15, 0.2) is 41.8 Å². The van der Waals surface area contributed by atoms with Crippen LogP contribution >= 0.6 is 11.8 Å². The topological polar surface area (TPSA) is 62.1 Å². The molecular formula is C15H16N4O2S. The number of nitrogens with zero attached hydrogens (tertiary/aromatic N) is 4. The van der Waals surface area contributed by atoms with Crippen LogP contribution in [-0.4, -0.2) is 39.2 Å². The molecule has 0 atom stereocenters. The predicted octanol–water partition coefficient (Wildman–Crippen LogP) is 2.54. The fraction of sp³-hybridized carbons (Fsp3) is 0.267. The molecule has 0 aliphatic rings. The Bertz CT molecular complexity index is 775. The summed E-state index contributed by atoms with van der Waals surface area (Å²) in [6.07, 6.45) is 3.35. The van der Waals surface area contributed by atoms with Crippen molar-refractivity contribution in [1.82, 2.24) is 19.7 Å². The van der Waals surface area contributed by atoms with Crippen molar-refractivity contribution >= 4 is 22.8 Å². The summed E-state index contributed by atoms with van der Waals surface area (Å²) in [5.74, 6) is 2.27. The van der Waals surface area contributed by atoms with Crippen LogP contribution in [0.1, 0.15) is 0 Å². The summed E-state index contributed by atoms with van der Waals surface area (Å²) in [7, 11) is 3.51. The van der Waals surface area contributed by atoms with E-state index in [2.05, 4.69) is 15.1 Å². The maximum absolute atomic E-state index is 5.76. The molecule has 0 aliphatic heterocycles. The van der Waals surface area contributed by atoms with Gasteiger partial charge in [-0.3, -0.25) is 4.68 Å². The third-order valence-corrected chi connectivity index (χ3v) is 4.11. The van der Waals surface area contributed by atoms with E-state index in [-0.39, 0.29) is 0 Å². The third kappa shape index (κ3) is 2.99. The Hall–Kier alpha value is -2.28. The van der Waals surface area contributed by atoms with Crippen molar-refractivity contribution in [3.8, 4) is 11.5 Å². The van der Waals surface area contributed by atoms with Crippen LogP contribution < -0.4 is 9.47 Å². The number of aromatic nitrogens is 4. The average Bonchev–Trinajstić information content (AvgIpc) is 2.94. The van der Waals surface area contributed by atoms with Crippen LogP contribution in [0.25, 0.3) is 11.0 Å². The highest BCUT2D eigenvalue weighted by molar-refractivity contribution is 7.99. The van der Waals surface area contributed by atoms with Gasteiger partial charge in [-0.1, -0.05) is 12.1 Å². The molecule has 6 nitrogen and oxygen atoms in total. The van der Waals surface area contributed by atoms with Gasteiger partial charge < -0.3 is 9.47 Å². The Morgan fingerprint density at radius 1 is 1.18 bits per heavy atom. The minimum atomic E-state index is 0.566. The number of para-hydroxylation sites is 2. The van der Waals surface area contributed by atoms with Gasteiger partial charge in [0.25, 0.3) is 0 Å². The number of benzene rings is 1. The molecule has 22 heavy (non-hydrogen) atoms. The van der Waals surface area contributed by atoms with Gasteiger partial charge in [0.2, 0.25) is 0 Å². The quantitative estimate of drug-likeness (QED) is 0.396. The van der Waals surface area contributed by atoms with Gasteiger partial charge >= 0.3 is 0 Å². The molecule has 0 saturated heterocycles. The first-order valence-corrected chi connectivity index (χ1v) is 7.79. The Labute approximate surface area is 132 Å². The summed E-state index contributed by atoms with van der Waals surface area (Å²) in [6.45, 7) is 0.566. The minimum absolute atomic E-state index is 0.566. The van der Waals surface area contributed by atoms with E-state index >= 15 is 0 Å². The zero-order chi connectivity index (χ0) is 15.4. The van der Waals surface area contributed by atoms with Gasteiger partial charge in [0, 0.05) is 12.8 Å². The van der Waals surface area contributed by atoms with Crippen molar-refractivity contribution in [2.75, 3.05) is 19.5 Å². The number of fused-ring (bicyclic) bond motifs is 1. The second-order valence-electron chi connectivity index (χ2n) is 4.53. The number of thioether (sulfide) groups is 1. The van der Waals surface area contributed by atoms with Crippen LogP contribution in [0.5, 0.6) is 11.5 Å². The molecule has 0 N–H and O–H groups in total. The van der Waals surface area contributed by atoms with Crippen molar-refractivity contribution in [2.45, 2.75) is 5.03 Å². The predicted molar refractivity (Wildman–Crippen MR) is 85.5 cm³/mol. The first-order chi connectivity index (χ1) is 10.8. The molecule has 3 rings (SSSR count). The monoisotopic (exact) mass is 316 g/mol. The Morgan fingerprint density at radius 2 is 2.00 bits per heavy atom. The van der Waals surface area contributed by atoms with Gasteiger partial charge in [-0.05, 0) is 12.1 Å². The van der Waals surface area contributed by atoms with E-state index in [1.165, 1.54) is 0 Å². The number of hydrogen-bond acceptors (Lipinski definition) is 6. The lowest BCUT2D eigenvalue weighted by atomic mass is 10.3. The average molecular weight is 316 g/mol. The van der Waals surface area contributed by atoms with Crippen molar-refractivity contribution in [2.24, 2.45) is 7.05 Å². The highest BCUT2D eigenvalue weighted by Crippen LogP contribution is 2.27. The minimum Gasteiger partial charge on any atom is -0.493 e. The molecule has 7 heteroatoms. The van der Waals surface area contributed by atoms with E-state index in [1.54, 1.807) is 36.1 Å². The van der Waals surface area contributed by atoms with E-state index in [4.69, 9.17) is 9.47 Å². The Morgan fingerprint density at radius 3 is 2.82 bits per heavy atom. The number of ether oxygens (including phenoxy) is 2. The molecule has 1 aromatic carbocycles. The second kappa shape index (κ2) is 6.65. The van der Waals surface area contributed by atoms with Crippen molar-refractivity contribution in [3.05, 3.63) is 36.8 Å². The van der Waals surface area contributed by atoms with E-state index in [0.29, 0.717) is 6.61 Å². The van der Waals surface area contributed by atoms with E-state index in [0.717, 1.165) is 33.3 Å². The fourth-order valence-corrected chi connectivity index (χ4v) is 2.86. The highest BCUT2D eigenvalue weighted by atomic mass is 32.2. The fourth-order valence-electron chi connectivity index (χ4n) is 2.08. The normalized spacial score (nSPS) is 10.8. The first kappa shape index (κ1) is 14.6. The molecule has 0 amide bonds. The molecule has 0 fully saturated rings. The maximum Gasteiger partial charge on any atom is 0.162 e. The SMILES string of the molecule is COc1ccccc1OCCSc1ncnc2c1cnn2C. The molecule has 114 valence electrons. The molecular weight excluding hydrogens is 300 g/mol. The van der Waals surface area contributed by atoms with Gasteiger partial charge in [-0.25, -0.2) is 9.97 Å². The molecule has 2 heterocycles. The summed E-state index contributed by atoms with van der Waals surface area (Å²) in [5.41, 5.74) is 0.836. The van der Waals surface area contributed by atoms with Crippen LogP contribution in [0.4, 0.5) is 0 Å². The molecule has 2 aromatic heterocycles. The summed E-state index contributed by atoms with van der Waals surface area (Å²) < 4.78 is 12.8. The first-order valence-electron chi connectivity index (χ1n) is 6.81. The molecule has 0 spiro atoms. The zero-order valence-corrected chi connectivity index (χ0v) is 13.2. The van der Waals surface area contributed by atoms with E-state index in [9.17, 15) is 0 Å². The summed E-state index contributed by atoms with van der Waals surface area (Å²) >= 11 is 1.63. The summed E-state index contributed by atoms with van der Waals surface area (Å²) in [4.78, 5) is 8.54. The van der Waals surface area contributed by atoms with Gasteiger partial charge in [-0.15, -0.1) is 11.8 Å². The largest absolute Gasteiger partial charge is 0.493 e. The van der Waals surface area contributed by atoms with Crippen LogP contribution in [0.2, 0.25) is 0 Å². The summed E-state index contributed by atoms with van der Waals surface area (Å²) in [6, 6.07) is 7.62. The molecule has 0 saturated carbocycles. The van der Waals surface area contributed by atoms with Crippen molar-refractivity contribution < 1.29 is 9.47 Å². The molecule has 0 bridgehead atoms. The number of hydrogen-bond donors (Lipinski definition) is 0. The Balaban J connectivity index is 1.61. The van der Waals surface area contributed by atoms with E-state index in [1.807, 2.05) is 31.3 Å². The molecule has 3 aromatic rings. The highest BCUT2D eigenvalue weighted by Gasteiger charge is 2.08. The third-order valence-electron chi connectivity index (χ3n) is 3.14. The zero-order valence-electron chi connectivity index (χ0n) is 12.4. The second-order valence-corrected chi connectivity index (χ2v) is 5.62. The standard InChI is InChI=1S/C15H16N4O2S/c1-19-14-11(9-18-19)15(17-10-16-14)22-8-7-21-13-6-4-3-5-12(13)20-2/h3-6,9-10H,7-8H2,1-2H3. The molecule has 0 aliphatic carbocycles. The summed E-state index contributed by atoms with van der Waals surface area (Å²) in [5, 5.41) is 6.09. The van der Waals surface area contributed by atoms with Crippen LogP contribution in [0, 0.1) is 0 Å². The van der Waals surface area contributed by atoms with Crippen molar-refractivity contribution in [1.29, 1.82) is 0 Å². The maximum atomic E-state index is 5.76. The number of rotatable bonds is 6. The van der Waals surface area contributed by atoms with Crippen LogP contribution in [0.3, 0.4) is 0 Å². The van der Waals surface area contributed by atoms with Crippen LogP contribution in [-0.2, 0) is 7.05 Å². The lowest BCUT2D eigenvalue weighted by Gasteiger charge is -2.09. The molecule has 0 radical (unpaired) electrons. The smallest absolute Gasteiger partial charge is 0.162 e.